The highest BCUT2D eigenvalue weighted by Gasteiger charge is 2.26. The van der Waals surface area contributed by atoms with Crippen LogP contribution in [0.4, 0.5) is 0 Å². The fraction of sp³-hybridized carbons (Fsp3) is 0.350. The topological polar surface area (TPSA) is 139 Å². The zero-order chi connectivity index (χ0) is 23.8. The number of sulfonamides is 1. The molecule has 0 unspecified atom stereocenters. The van der Waals surface area contributed by atoms with Gasteiger partial charge in [0.05, 0.1) is 22.9 Å². The van der Waals surface area contributed by atoms with Gasteiger partial charge in [-0.2, -0.15) is 4.31 Å². The van der Waals surface area contributed by atoms with Crippen LogP contribution in [0.5, 0.6) is 11.5 Å². The van der Waals surface area contributed by atoms with Gasteiger partial charge in [-0.15, -0.1) is 0 Å². The Labute approximate surface area is 187 Å². The van der Waals surface area contributed by atoms with Crippen LogP contribution in [0.2, 0.25) is 0 Å². The van der Waals surface area contributed by atoms with Gasteiger partial charge in [0.25, 0.3) is 5.91 Å². The third kappa shape index (κ3) is 7.28. The first kappa shape index (κ1) is 25.7. The number of sulfone groups is 1. The van der Waals surface area contributed by atoms with Gasteiger partial charge in [0.15, 0.2) is 9.84 Å². The smallest absolute Gasteiger partial charge is 0.258 e. The van der Waals surface area contributed by atoms with E-state index in [0.717, 1.165) is 17.0 Å². The number of amides is 1. The third-order valence-electron chi connectivity index (χ3n) is 4.23. The van der Waals surface area contributed by atoms with E-state index in [1.165, 1.54) is 54.0 Å². The number of carbonyl (C=O) groups excluding carboxylic acids is 1. The summed E-state index contributed by atoms with van der Waals surface area (Å²) in [5.74, 6) is -0.161. The van der Waals surface area contributed by atoms with Gasteiger partial charge in [-0.1, -0.05) is 6.92 Å². The molecule has 0 saturated carbocycles. The number of hydroxylamine groups is 1. The van der Waals surface area contributed by atoms with Crippen molar-refractivity contribution in [2.24, 2.45) is 0 Å². The third-order valence-corrected chi connectivity index (χ3v) is 7.22. The molecule has 0 fully saturated rings. The summed E-state index contributed by atoms with van der Waals surface area (Å²) in [5.41, 5.74) is 1.43. The van der Waals surface area contributed by atoms with Gasteiger partial charge in [0.2, 0.25) is 10.0 Å². The SMILES string of the molecule is CCCOCCN(CC(=O)NO)S(=O)(=O)c1ccc(Oc2ccc(S(C)(=O)=O)cc2)cc1. The lowest BCUT2D eigenvalue weighted by molar-refractivity contribution is -0.129. The van der Waals surface area contributed by atoms with E-state index in [1.807, 2.05) is 6.92 Å². The Morgan fingerprint density at radius 3 is 1.94 bits per heavy atom. The quantitative estimate of drug-likeness (QED) is 0.263. The summed E-state index contributed by atoms with van der Waals surface area (Å²) in [6.07, 6.45) is 1.87. The summed E-state index contributed by atoms with van der Waals surface area (Å²) in [5, 5.41) is 8.77. The predicted octanol–water partition coefficient (Wildman–Crippen LogP) is 1.81. The summed E-state index contributed by atoms with van der Waals surface area (Å²) in [7, 11) is -7.37. The fourth-order valence-electron chi connectivity index (χ4n) is 2.61. The van der Waals surface area contributed by atoms with Crippen LogP contribution in [-0.2, 0) is 29.4 Å². The molecule has 1 amide bonds. The molecule has 2 aromatic carbocycles. The van der Waals surface area contributed by atoms with Crippen LogP contribution in [0, 0.1) is 0 Å². The van der Waals surface area contributed by atoms with Crippen molar-refractivity contribution >= 4 is 25.8 Å². The van der Waals surface area contributed by atoms with Crippen LogP contribution < -0.4 is 10.2 Å². The van der Waals surface area contributed by atoms with Crippen molar-refractivity contribution in [1.82, 2.24) is 9.79 Å². The van der Waals surface area contributed by atoms with Crippen LogP contribution in [0.15, 0.2) is 58.3 Å². The molecule has 0 radical (unpaired) electrons. The van der Waals surface area contributed by atoms with E-state index < -0.39 is 32.3 Å². The van der Waals surface area contributed by atoms with Crippen LogP contribution in [0.1, 0.15) is 13.3 Å². The molecule has 2 N–H and O–H groups in total. The number of benzene rings is 2. The zero-order valence-electron chi connectivity index (χ0n) is 17.7. The lowest BCUT2D eigenvalue weighted by Crippen LogP contribution is -2.41. The lowest BCUT2D eigenvalue weighted by Gasteiger charge is -2.21. The number of hydrogen-bond donors (Lipinski definition) is 2. The van der Waals surface area contributed by atoms with Crippen molar-refractivity contribution in [2.45, 2.75) is 23.1 Å². The Kier molecular flexibility index (Phi) is 9.16. The standard InChI is InChI=1S/C20H26N2O8S2/c1-3-13-29-14-12-22(15-20(23)21-24)32(27,28)19-10-6-17(7-11-19)30-16-4-8-18(9-5-16)31(2,25)26/h4-11,24H,3,12-15H2,1-2H3,(H,21,23). The Bertz CT molecular complexity index is 1100. The first-order chi connectivity index (χ1) is 15.1. The number of rotatable bonds is 12. The van der Waals surface area contributed by atoms with E-state index in [9.17, 15) is 21.6 Å². The minimum absolute atomic E-state index is 0.0688. The second kappa shape index (κ2) is 11.4. The number of carbonyl (C=O) groups is 1. The number of hydrogen-bond acceptors (Lipinski definition) is 8. The number of nitrogens with zero attached hydrogens (tertiary/aromatic N) is 1. The van der Waals surface area contributed by atoms with E-state index >= 15 is 0 Å². The van der Waals surface area contributed by atoms with Crippen LogP contribution in [-0.4, -0.2) is 64.8 Å². The minimum atomic E-state index is -4.05. The van der Waals surface area contributed by atoms with Crippen molar-refractivity contribution in [3.8, 4) is 11.5 Å². The average molecular weight is 487 g/mol. The molecule has 176 valence electrons. The second-order valence-electron chi connectivity index (χ2n) is 6.80. The zero-order valence-corrected chi connectivity index (χ0v) is 19.4. The van der Waals surface area contributed by atoms with Gasteiger partial charge in [-0.25, -0.2) is 22.3 Å². The predicted molar refractivity (Wildman–Crippen MR) is 116 cm³/mol. The van der Waals surface area contributed by atoms with Crippen molar-refractivity contribution < 1.29 is 36.3 Å². The van der Waals surface area contributed by atoms with E-state index in [2.05, 4.69) is 0 Å². The van der Waals surface area contributed by atoms with E-state index in [4.69, 9.17) is 14.7 Å². The van der Waals surface area contributed by atoms with Gasteiger partial charge in [-0.3, -0.25) is 10.0 Å². The van der Waals surface area contributed by atoms with Gasteiger partial charge in [0, 0.05) is 19.4 Å². The molecule has 0 aliphatic carbocycles. The molecule has 2 aromatic rings. The Morgan fingerprint density at radius 1 is 0.938 bits per heavy atom. The van der Waals surface area contributed by atoms with Gasteiger partial charge < -0.3 is 9.47 Å². The molecule has 10 nitrogen and oxygen atoms in total. The highest BCUT2D eigenvalue weighted by Crippen LogP contribution is 2.25. The molecular formula is C20H26N2O8S2. The molecule has 0 saturated heterocycles. The van der Waals surface area contributed by atoms with E-state index in [0.29, 0.717) is 18.1 Å². The molecule has 0 bridgehead atoms. The maximum absolute atomic E-state index is 13.0. The van der Waals surface area contributed by atoms with E-state index in [-0.39, 0.29) is 22.9 Å². The molecule has 12 heteroatoms. The fourth-order valence-corrected chi connectivity index (χ4v) is 4.62. The van der Waals surface area contributed by atoms with Crippen molar-refractivity contribution in [3.05, 3.63) is 48.5 Å². The highest BCUT2D eigenvalue weighted by molar-refractivity contribution is 7.90. The average Bonchev–Trinajstić information content (AvgIpc) is 2.75. The Morgan fingerprint density at radius 2 is 1.47 bits per heavy atom. The summed E-state index contributed by atoms with van der Waals surface area (Å²) in [6, 6.07) is 11.3. The molecule has 0 atom stereocenters. The van der Waals surface area contributed by atoms with Crippen molar-refractivity contribution in [3.63, 3.8) is 0 Å². The molecule has 0 aromatic heterocycles. The first-order valence-electron chi connectivity index (χ1n) is 9.66. The Balaban J connectivity index is 2.15. The van der Waals surface area contributed by atoms with Crippen LogP contribution in [0.25, 0.3) is 0 Å². The lowest BCUT2D eigenvalue weighted by atomic mass is 10.3. The summed E-state index contributed by atoms with van der Waals surface area (Å²) in [6.45, 7) is 1.82. The normalized spacial score (nSPS) is 12.0. The Hall–Kier alpha value is -2.51. The highest BCUT2D eigenvalue weighted by atomic mass is 32.2. The van der Waals surface area contributed by atoms with Crippen molar-refractivity contribution in [1.29, 1.82) is 0 Å². The molecule has 0 aliphatic rings. The van der Waals surface area contributed by atoms with Gasteiger partial charge >= 0.3 is 0 Å². The largest absolute Gasteiger partial charge is 0.457 e. The molecule has 0 heterocycles. The second-order valence-corrected chi connectivity index (χ2v) is 10.8. The minimum Gasteiger partial charge on any atom is -0.457 e. The maximum Gasteiger partial charge on any atom is 0.258 e. The molecule has 0 aliphatic heterocycles. The molecule has 32 heavy (non-hydrogen) atoms. The summed E-state index contributed by atoms with van der Waals surface area (Å²) < 4.78 is 60.8. The molecule has 2 rings (SSSR count). The van der Waals surface area contributed by atoms with Gasteiger partial charge in [0.1, 0.15) is 11.5 Å². The van der Waals surface area contributed by atoms with E-state index in [1.54, 1.807) is 0 Å². The maximum atomic E-state index is 13.0. The monoisotopic (exact) mass is 486 g/mol. The first-order valence-corrected chi connectivity index (χ1v) is 13.0. The number of nitrogens with one attached hydrogen (secondary N) is 1. The van der Waals surface area contributed by atoms with Crippen LogP contribution >= 0.6 is 0 Å². The van der Waals surface area contributed by atoms with Gasteiger partial charge in [-0.05, 0) is 55.0 Å². The molecule has 0 spiro atoms. The van der Waals surface area contributed by atoms with Crippen molar-refractivity contribution in [2.75, 3.05) is 32.6 Å². The summed E-state index contributed by atoms with van der Waals surface area (Å²) in [4.78, 5) is 11.6. The number of ether oxygens (including phenoxy) is 2. The summed E-state index contributed by atoms with van der Waals surface area (Å²) >= 11 is 0. The van der Waals surface area contributed by atoms with Crippen LogP contribution in [0.3, 0.4) is 0 Å². The molecular weight excluding hydrogens is 460 g/mol.